The molecule has 14 heavy (non-hydrogen) atoms. The van der Waals surface area contributed by atoms with Crippen LogP contribution in [-0.2, 0) is 14.3 Å². The molecule has 0 aromatic carbocycles. The van der Waals surface area contributed by atoms with Crippen LogP contribution in [0.25, 0.3) is 0 Å². The summed E-state index contributed by atoms with van der Waals surface area (Å²) in [6, 6.07) is 0. The van der Waals surface area contributed by atoms with E-state index in [1.807, 2.05) is 0 Å². The molecule has 0 radical (unpaired) electrons. The van der Waals surface area contributed by atoms with Crippen LogP contribution in [0.2, 0.25) is 0 Å². The molecule has 4 nitrogen and oxygen atoms in total. The van der Waals surface area contributed by atoms with Gasteiger partial charge in [0.2, 0.25) is 5.91 Å². The molecule has 0 saturated heterocycles. The molecule has 0 aromatic rings. The molecule has 1 amide bonds. The van der Waals surface area contributed by atoms with Crippen molar-refractivity contribution < 1.29 is 14.3 Å². The fourth-order valence-corrected chi connectivity index (χ4v) is 1.98. The molecule has 2 N–H and O–H groups in total. The van der Waals surface area contributed by atoms with Crippen molar-refractivity contribution in [3.63, 3.8) is 0 Å². The fourth-order valence-electron chi connectivity index (χ4n) is 1.98. The first-order valence-electron chi connectivity index (χ1n) is 5.10. The first-order valence-corrected chi connectivity index (χ1v) is 5.10. The van der Waals surface area contributed by atoms with Crippen LogP contribution >= 0.6 is 0 Å². The van der Waals surface area contributed by atoms with E-state index in [1.165, 1.54) is 0 Å². The summed E-state index contributed by atoms with van der Waals surface area (Å²) in [7, 11) is 0. The van der Waals surface area contributed by atoms with Gasteiger partial charge in [-0.1, -0.05) is 19.3 Å². The highest BCUT2D eigenvalue weighted by Crippen LogP contribution is 2.37. The number of carbonyl (C=O) groups is 2. The maximum atomic E-state index is 11.6. The van der Waals surface area contributed by atoms with Gasteiger partial charge in [-0.05, 0) is 19.8 Å². The summed E-state index contributed by atoms with van der Waals surface area (Å²) in [5.74, 6) is -0.970. The second kappa shape index (κ2) is 4.44. The summed E-state index contributed by atoms with van der Waals surface area (Å²) in [5.41, 5.74) is 4.26. The predicted molar refractivity (Wildman–Crippen MR) is 51.3 cm³/mol. The summed E-state index contributed by atoms with van der Waals surface area (Å²) in [5, 5.41) is 0. The van der Waals surface area contributed by atoms with Gasteiger partial charge in [0.15, 0.2) is 0 Å². The fraction of sp³-hybridized carbons (Fsp3) is 0.800. The van der Waals surface area contributed by atoms with Gasteiger partial charge in [0, 0.05) is 0 Å². The Labute approximate surface area is 83.8 Å². The van der Waals surface area contributed by atoms with E-state index in [0.717, 1.165) is 19.3 Å². The van der Waals surface area contributed by atoms with Gasteiger partial charge in [-0.25, -0.2) is 0 Å². The molecule has 0 bridgehead atoms. The van der Waals surface area contributed by atoms with Crippen molar-refractivity contribution in [1.29, 1.82) is 0 Å². The van der Waals surface area contributed by atoms with Gasteiger partial charge in [-0.2, -0.15) is 0 Å². The summed E-state index contributed by atoms with van der Waals surface area (Å²) in [4.78, 5) is 23.0. The monoisotopic (exact) mass is 199 g/mol. The molecular formula is C10H17NO3. The van der Waals surface area contributed by atoms with Gasteiger partial charge >= 0.3 is 5.97 Å². The molecule has 1 fully saturated rings. The van der Waals surface area contributed by atoms with Crippen molar-refractivity contribution >= 4 is 11.9 Å². The first kappa shape index (κ1) is 11.0. The highest BCUT2D eigenvalue weighted by Gasteiger charge is 2.46. The van der Waals surface area contributed by atoms with Crippen LogP contribution in [0, 0.1) is 5.41 Å². The lowest BCUT2D eigenvalue weighted by atomic mass is 9.73. The van der Waals surface area contributed by atoms with Crippen LogP contribution in [0.5, 0.6) is 0 Å². The third-order valence-corrected chi connectivity index (χ3v) is 2.84. The Morgan fingerprint density at radius 3 is 2.29 bits per heavy atom. The van der Waals surface area contributed by atoms with Gasteiger partial charge in [-0.15, -0.1) is 0 Å². The second-order valence-electron chi connectivity index (χ2n) is 3.73. The van der Waals surface area contributed by atoms with Gasteiger partial charge in [-0.3, -0.25) is 9.59 Å². The number of rotatable bonds is 3. The number of amides is 1. The lowest BCUT2D eigenvalue weighted by Gasteiger charge is -2.31. The Balaban J connectivity index is 2.80. The third kappa shape index (κ3) is 1.89. The van der Waals surface area contributed by atoms with Crippen LogP contribution in [0.15, 0.2) is 0 Å². The quantitative estimate of drug-likeness (QED) is 0.544. The zero-order chi connectivity index (χ0) is 10.6. The largest absolute Gasteiger partial charge is 0.465 e. The molecule has 1 aliphatic carbocycles. The van der Waals surface area contributed by atoms with Crippen molar-refractivity contribution in [3.05, 3.63) is 0 Å². The van der Waals surface area contributed by atoms with Crippen molar-refractivity contribution in [2.45, 2.75) is 39.0 Å². The summed E-state index contributed by atoms with van der Waals surface area (Å²) < 4.78 is 4.91. The van der Waals surface area contributed by atoms with Crippen molar-refractivity contribution in [1.82, 2.24) is 0 Å². The summed E-state index contributed by atoms with van der Waals surface area (Å²) in [6.07, 6.45) is 3.90. The van der Waals surface area contributed by atoms with Gasteiger partial charge in [0.1, 0.15) is 5.41 Å². The molecule has 1 aliphatic rings. The van der Waals surface area contributed by atoms with Crippen LogP contribution in [0.4, 0.5) is 0 Å². The Morgan fingerprint density at radius 1 is 1.29 bits per heavy atom. The summed E-state index contributed by atoms with van der Waals surface area (Å²) >= 11 is 0. The van der Waals surface area contributed by atoms with Crippen molar-refractivity contribution in [2.24, 2.45) is 11.1 Å². The van der Waals surface area contributed by atoms with Crippen LogP contribution in [0.1, 0.15) is 39.0 Å². The predicted octanol–water partition coefficient (Wildman–Crippen LogP) is 0.985. The van der Waals surface area contributed by atoms with Crippen LogP contribution in [0.3, 0.4) is 0 Å². The number of nitrogens with two attached hydrogens (primary N) is 1. The molecule has 0 heterocycles. The highest BCUT2D eigenvalue weighted by molar-refractivity contribution is 6.02. The molecule has 4 heteroatoms. The Kier molecular flexibility index (Phi) is 3.49. The van der Waals surface area contributed by atoms with E-state index < -0.39 is 17.3 Å². The molecule has 0 aromatic heterocycles. The number of ether oxygens (including phenoxy) is 1. The number of hydrogen-bond acceptors (Lipinski definition) is 3. The second-order valence-corrected chi connectivity index (χ2v) is 3.73. The highest BCUT2D eigenvalue weighted by atomic mass is 16.5. The Hall–Kier alpha value is -1.06. The lowest BCUT2D eigenvalue weighted by Crippen LogP contribution is -2.46. The van der Waals surface area contributed by atoms with E-state index >= 15 is 0 Å². The van der Waals surface area contributed by atoms with E-state index in [4.69, 9.17) is 10.5 Å². The van der Waals surface area contributed by atoms with E-state index in [0.29, 0.717) is 19.4 Å². The van der Waals surface area contributed by atoms with E-state index in [-0.39, 0.29) is 0 Å². The number of carbonyl (C=O) groups excluding carboxylic acids is 2. The average molecular weight is 199 g/mol. The molecular weight excluding hydrogens is 182 g/mol. The van der Waals surface area contributed by atoms with Crippen LogP contribution < -0.4 is 5.73 Å². The smallest absolute Gasteiger partial charge is 0.321 e. The van der Waals surface area contributed by atoms with Crippen molar-refractivity contribution in [2.75, 3.05) is 6.61 Å². The maximum absolute atomic E-state index is 11.6. The minimum Gasteiger partial charge on any atom is -0.465 e. The SMILES string of the molecule is CCOC(=O)C1(C(N)=O)CCCCC1. The summed E-state index contributed by atoms with van der Waals surface area (Å²) in [6.45, 7) is 2.03. The minimum atomic E-state index is -1.03. The van der Waals surface area contributed by atoms with Crippen molar-refractivity contribution in [3.8, 4) is 0 Å². The Morgan fingerprint density at radius 2 is 1.86 bits per heavy atom. The zero-order valence-corrected chi connectivity index (χ0v) is 8.54. The van der Waals surface area contributed by atoms with E-state index in [9.17, 15) is 9.59 Å². The molecule has 0 unspecified atom stereocenters. The third-order valence-electron chi connectivity index (χ3n) is 2.84. The first-order chi connectivity index (χ1) is 6.63. The molecule has 0 aliphatic heterocycles. The maximum Gasteiger partial charge on any atom is 0.321 e. The van der Waals surface area contributed by atoms with Gasteiger partial charge in [0.25, 0.3) is 0 Å². The minimum absolute atomic E-state index is 0.299. The van der Waals surface area contributed by atoms with E-state index in [2.05, 4.69) is 0 Å². The van der Waals surface area contributed by atoms with Crippen LogP contribution in [-0.4, -0.2) is 18.5 Å². The van der Waals surface area contributed by atoms with Gasteiger partial charge < -0.3 is 10.5 Å². The number of hydrogen-bond donors (Lipinski definition) is 1. The molecule has 0 atom stereocenters. The zero-order valence-electron chi connectivity index (χ0n) is 8.54. The van der Waals surface area contributed by atoms with E-state index in [1.54, 1.807) is 6.92 Å². The molecule has 0 spiro atoms. The number of primary amides is 1. The molecule has 1 saturated carbocycles. The Bertz CT molecular complexity index is 232. The lowest BCUT2D eigenvalue weighted by molar-refractivity contribution is -0.162. The molecule has 80 valence electrons. The molecule has 1 rings (SSSR count). The normalized spacial score (nSPS) is 20.1. The topological polar surface area (TPSA) is 69.4 Å². The average Bonchev–Trinajstić information content (AvgIpc) is 2.19. The number of esters is 1. The standard InChI is InChI=1S/C10H17NO3/c1-2-14-9(13)10(8(11)12)6-4-3-5-7-10/h2-7H2,1H3,(H2,11,12). The van der Waals surface area contributed by atoms with Gasteiger partial charge in [0.05, 0.1) is 6.61 Å².